The van der Waals surface area contributed by atoms with Crippen LogP contribution in [0.25, 0.3) is 5.57 Å². The summed E-state index contributed by atoms with van der Waals surface area (Å²) in [6, 6.07) is 6.14. The molecule has 1 nitrogen and oxygen atoms in total. The van der Waals surface area contributed by atoms with Gasteiger partial charge in [-0.25, -0.2) is 0 Å². The maximum Gasteiger partial charge on any atom is 0.119 e. The molecule has 0 atom stereocenters. The first kappa shape index (κ1) is 8.64. The molecule has 0 amide bonds. The Bertz CT molecular complexity index is 355. The molecule has 0 spiro atoms. The Morgan fingerprint density at radius 1 is 1.38 bits per heavy atom. The van der Waals surface area contributed by atoms with E-state index in [1.807, 2.05) is 6.07 Å². The Morgan fingerprint density at radius 3 is 2.92 bits per heavy atom. The van der Waals surface area contributed by atoms with Crippen LogP contribution in [-0.2, 0) is 6.42 Å². The quantitative estimate of drug-likeness (QED) is 0.667. The lowest BCUT2D eigenvalue weighted by atomic mass is 10.1. The summed E-state index contributed by atoms with van der Waals surface area (Å²) in [5, 5.41) is 0. The molecule has 0 bridgehead atoms. The number of ether oxygens (including phenoxy) is 1. The van der Waals surface area contributed by atoms with Crippen LogP contribution < -0.4 is 4.74 Å². The van der Waals surface area contributed by atoms with Crippen LogP contribution >= 0.6 is 11.6 Å². The molecule has 1 aromatic carbocycles. The fourth-order valence-electron chi connectivity index (χ4n) is 1.73. The van der Waals surface area contributed by atoms with Crippen molar-refractivity contribution in [2.24, 2.45) is 0 Å². The average Bonchev–Trinajstić information content (AvgIpc) is 2.59. The largest absolute Gasteiger partial charge is 0.497 e. The van der Waals surface area contributed by atoms with Crippen LogP contribution in [0.5, 0.6) is 5.75 Å². The number of allylic oxidation sites excluding steroid dienone is 1. The molecule has 2 rings (SSSR count). The van der Waals surface area contributed by atoms with E-state index in [2.05, 4.69) is 12.1 Å². The zero-order chi connectivity index (χ0) is 9.26. The molecule has 2 heteroatoms. The van der Waals surface area contributed by atoms with E-state index >= 15 is 0 Å². The summed E-state index contributed by atoms with van der Waals surface area (Å²) < 4.78 is 5.16. The van der Waals surface area contributed by atoms with Crippen LogP contribution in [0, 0.1) is 0 Å². The van der Waals surface area contributed by atoms with Crippen molar-refractivity contribution in [1.82, 2.24) is 0 Å². The highest BCUT2D eigenvalue weighted by Gasteiger charge is 2.15. The highest BCUT2D eigenvalue weighted by atomic mass is 35.5. The monoisotopic (exact) mass is 194 g/mol. The molecule has 1 aliphatic carbocycles. The minimum Gasteiger partial charge on any atom is -0.497 e. The Kier molecular flexibility index (Phi) is 2.28. The minimum absolute atomic E-state index is 0.926. The Labute approximate surface area is 83.0 Å². The van der Waals surface area contributed by atoms with E-state index in [1.165, 1.54) is 16.7 Å². The highest BCUT2D eigenvalue weighted by molar-refractivity contribution is 6.28. The lowest BCUT2D eigenvalue weighted by molar-refractivity contribution is 0.414. The molecular formula is C11H11ClO. The topological polar surface area (TPSA) is 9.23 Å². The third-order valence-electron chi connectivity index (χ3n) is 2.45. The number of rotatable bonds is 1. The second kappa shape index (κ2) is 3.43. The molecule has 0 unspecified atom stereocenters. The molecule has 68 valence electrons. The number of hydrogen-bond acceptors (Lipinski definition) is 1. The van der Waals surface area contributed by atoms with Crippen LogP contribution in [0.15, 0.2) is 23.7 Å². The predicted octanol–water partition coefficient (Wildman–Crippen LogP) is 3.22. The molecule has 0 heterocycles. The predicted molar refractivity (Wildman–Crippen MR) is 55.1 cm³/mol. The summed E-state index contributed by atoms with van der Waals surface area (Å²) in [5.74, 6) is 0.926. The fourth-order valence-corrected chi connectivity index (χ4v) is 1.96. The number of aryl methyl sites for hydroxylation is 1. The minimum atomic E-state index is 0.926. The van der Waals surface area contributed by atoms with Crippen LogP contribution in [-0.4, -0.2) is 7.11 Å². The van der Waals surface area contributed by atoms with Crippen molar-refractivity contribution in [1.29, 1.82) is 0 Å². The first-order valence-electron chi connectivity index (χ1n) is 4.31. The lowest BCUT2D eigenvalue weighted by Crippen LogP contribution is -1.86. The zero-order valence-electron chi connectivity index (χ0n) is 7.51. The zero-order valence-corrected chi connectivity index (χ0v) is 8.27. The number of fused-ring (bicyclic) bond motifs is 1. The average molecular weight is 195 g/mol. The molecule has 0 saturated heterocycles. The Morgan fingerprint density at radius 2 is 2.23 bits per heavy atom. The van der Waals surface area contributed by atoms with Crippen LogP contribution in [0.3, 0.4) is 0 Å². The second-order valence-electron chi connectivity index (χ2n) is 3.16. The van der Waals surface area contributed by atoms with Gasteiger partial charge in [-0.2, -0.15) is 0 Å². The van der Waals surface area contributed by atoms with E-state index in [1.54, 1.807) is 12.6 Å². The summed E-state index contributed by atoms with van der Waals surface area (Å²) in [4.78, 5) is 0. The number of methoxy groups -OCH3 is 1. The molecule has 0 aromatic heterocycles. The highest BCUT2D eigenvalue weighted by Crippen LogP contribution is 2.34. The summed E-state index contributed by atoms with van der Waals surface area (Å²) in [6.45, 7) is 0. The van der Waals surface area contributed by atoms with Gasteiger partial charge in [-0.05, 0) is 41.7 Å². The first-order chi connectivity index (χ1) is 6.35. The smallest absolute Gasteiger partial charge is 0.119 e. The molecule has 13 heavy (non-hydrogen) atoms. The van der Waals surface area contributed by atoms with Gasteiger partial charge in [0.2, 0.25) is 0 Å². The maximum atomic E-state index is 5.72. The van der Waals surface area contributed by atoms with Gasteiger partial charge in [0.05, 0.1) is 7.11 Å². The van der Waals surface area contributed by atoms with E-state index in [0.29, 0.717) is 0 Å². The van der Waals surface area contributed by atoms with Gasteiger partial charge in [0.1, 0.15) is 5.75 Å². The standard InChI is InChI=1S/C11H11ClO/c1-13-10-4-5-11-8(6-10)2-3-9(11)7-12/h4-7H,2-3H2,1H3/b9-7-. The molecule has 0 fully saturated rings. The second-order valence-corrected chi connectivity index (χ2v) is 3.38. The van der Waals surface area contributed by atoms with Crippen molar-refractivity contribution in [2.75, 3.05) is 7.11 Å². The van der Waals surface area contributed by atoms with Gasteiger partial charge in [-0.1, -0.05) is 17.7 Å². The number of benzene rings is 1. The van der Waals surface area contributed by atoms with Crippen molar-refractivity contribution < 1.29 is 4.74 Å². The van der Waals surface area contributed by atoms with Gasteiger partial charge in [-0.15, -0.1) is 0 Å². The molecular weight excluding hydrogens is 184 g/mol. The van der Waals surface area contributed by atoms with Crippen molar-refractivity contribution >= 4 is 17.2 Å². The SMILES string of the molecule is COc1ccc2c(c1)CC/C2=C/Cl. The van der Waals surface area contributed by atoms with Crippen LogP contribution in [0.2, 0.25) is 0 Å². The molecule has 0 N–H and O–H groups in total. The molecule has 0 radical (unpaired) electrons. The lowest BCUT2D eigenvalue weighted by Gasteiger charge is -2.03. The van der Waals surface area contributed by atoms with Crippen LogP contribution in [0.1, 0.15) is 17.5 Å². The van der Waals surface area contributed by atoms with E-state index < -0.39 is 0 Å². The van der Waals surface area contributed by atoms with E-state index in [9.17, 15) is 0 Å². The number of halogens is 1. The van der Waals surface area contributed by atoms with Crippen molar-refractivity contribution in [3.05, 3.63) is 34.9 Å². The molecule has 0 aliphatic heterocycles. The van der Waals surface area contributed by atoms with Crippen molar-refractivity contribution in [2.45, 2.75) is 12.8 Å². The van der Waals surface area contributed by atoms with Crippen molar-refractivity contribution in [3.8, 4) is 5.75 Å². The van der Waals surface area contributed by atoms with E-state index in [4.69, 9.17) is 16.3 Å². The maximum absolute atomic E-state index is 5.72. The van der Waals surface area contributed by atoms with Gasteiger partial charge >= 0.3 is 0 Å². The molecule has 1 aliphatic rings. The van der Waals surface area contributed by atoms with Gasteiger partial charge in [-0.3, -0.25) is 0 Å². The summed E-state index contributed by atoms with van der Waals surface area (Å²) in [5.41, 5.74) is 5.53. The Balaban J connectivity index is 2.46. The van der Waals surface area contributed by atoms with Crippen molar-refractivity contribution in [3.63, 3.8) is 0 Å². The van der Waals surface area contributed by atoms with E-state index in [-0.39, 0.29) is 0 Å². The van der Waals surface area contributed by atoms with E-state index in [0.717, 1.165) is 18.6 Å². The van der Waals surface area contributed by atoms with Gasteiger partial charge < -0.3 is 4.74 Å². The normalized spacial score (nSPS) is 17.5. The number of hydrogen-bond donors (Lipinski definition) is 0. The fraction of sp³-hybridized carbons (Fsp3) is 0.273. The van der Waals surface area contributed by atoms with Gasteiger partial charge in [0, 0.05) is 5.54 Å². The first-order valence-corrected chi connectivity index (χ1v) is 4.75. The Hall–Kier alpha value is -0.950. The van der Waals surface area contributed by atoms with Gasteiger partial charge in [0.25, 0.3) is 0 Å². The summed E-state index contributed by atoms with van der Waals surface area (Å²) in [6.07, 6.45) is 2.12. The molecule has 1 aromatic rings. The summed E-state index contributed by atoms with van der Waals surface area (Å²) >= 11 is 5.72. The van der Waals surface area contributed by atoms with Crippen LogP contribution in [0.4, 0.5) is 0 Å². The third-order valence-corrected chi connectivity index (χ3v) is 2.72. The summed E-state index contributed by atoms with van der Waals surface area (Å²) in [7, 11) is 1.69. The third kappa shape index (κ3) is 1.44. The van der Waals surface area contributed by atoms with Gasteiger partial charge in [0.15, 0.2) is 0 Å². The molecule has 0 saturated carbocycles.